The summed E-state index contributed by atoms with van der Waals surface area (Å²) in [6.07, 6.45) is 9.08. The Hall–Kier alpha value is -0.340. The molecule has 0 bridgehead atoms. The number of ether oxygens (including phenoxy) is 1. The molecule has 0 heterocycles. The average Bonchev–Trinajstić information content (AvgIpc) is 2.52. The molecule has 24 heavy (non-hydrogen) atoms. The molecule has 0 saturated heterocycles. The van der Waals surface area contributed by atoms with Crippen LogP contribution in [0.4, 0.5) is 0 Å². The van der Waals surface area contributed by atoms with Gasteiger partial charge in [0.05, 0.1) is 7.11 Å². The minimum atomic E-state index is -2.93. The van der Waals surface area contributed by atoms with Crippen molar-refractivity contribution in [2.75, 3.05) is 19.4 Å². The number of carbonyl (C=O) groups is 1. The molecule has 0 spiro atoms. The van der Waals surface area contributed by atoms with Crippen LogP contribution in [0, 0.1) is 11.8 Å². The Balaban J connectivity index is 4.44. The molecule has 0 aromatic heterocycles. The highest BCUT2D eigenvalue weighted by atomic mass is 31.2. The average molecular weight is 362 g/mol. The van der Waals surface area contributed by atoms with E-state index >= 15 is 0 Å². The van der Waals surface area contributed by atoms with Gasteiger partial charge in [0, 0.05) is 12.3 Å². The molecule has 0 aromatic rings. The van der Waals surface area contributed by atoms with Gasteiger partial charge in [-0.25, -0.2) is 4.79 Å². The molecular weight excluding hydrogens is 323 g/mol. The molecule has 0 aliphatic heterocycles. The van der Waals surface area contributed by atoms with Crippen LogP contribution in [0.5, 0.6) is 0 Å². The van der Waals surface area contributed by atoms with Crippen LogP contribution in [-0.2, 0) is 14.1 Å². The molecule has 1 atom stereocenters. The Bertz CT molecular complexity index is 358. The molecule has 4 nitrogen and oxygen atoms in total. The Morgan fingerprint density at radius 2 is 1.29 bits per heavy atom. The number of hydrogen-bond acceptors (Lipinski definition) is 4. The third kappa shape index (κ3) is 10.5. The highest BCUT2D eigenvalue weighted by molar-refractivity contribution is 7.65. The van der Waals surface area contributed by atoms with Gasteiger partial charge in [0.1, 0.15) is 7.14 Å². The second-order valence-electron chi connectivity index (χ2n) is 7.78. The van der Waals surface area contributed by atoms with Crippen molar-refractivity contribution >= 4 is 13.1 Å². The highest BCUT2D eigenvalue weighted by Crippen LogP contribution is 2.51. The summed E-state index contributed by atoms with van der Waals surface area (Å²) < 4.78 is 17.8. The quantitative estimate of drug-likeness (QED) is 0.260. The summed E-state index contributed by atoms with van der Waals surface area (Å²) in [5, 5.41) is 10.2. The minimum absolute atomic E-state index is 0.450. The standard InChI is InChI=1S/C19H39O4P/c1-16(2)12-8-6-10-14-24(22,19(21)18(20)23-5)15-11-7-9-13-17(3)4/h16-17,19,21H,6-15H2,1-5H3. The molecule has 5 heteroatoms. The van der Waals surface area contributed by atoms with Crippen LogP contribution < -0.4 is 0 Å². The lowest BCUT2D eigenvalue weighted by Crippen LogP contribution is -2.24. The van der Waals surface area contributed by atoms with Crippen molar-refractivity contribution in [3.05, 3.63) is 0 Å². The van der Waals surface area contributed by atoms with Gasteiger partial charge >= 0.3 is 5.97 Å². The maximum Gasteiger partial charge on any atom is 0.342 e. The normalized spacial score (nSPS) is 13.5. The lowest BCUT2D eigenvalue weighted by molar-refractivity contribution is -0.146. The van der Waals surface area contributed by atoms with Crippen molar-refractivity contribution in [2.24, 2.45) is 11.8 Å². The predicted molar refractivity (Wildman–Crippen MR) is 102 cm³/mol. The highest BCUT2D eigenvalue weighted by Gasteiger charge is 2.36. The van der Waals surface area contributed by atoms with E-state index in [0.717, 1.165) is 38.5 Å². The van der Waals surface area contributed by atoms with Gasteiger partial charge in [-0.15, -0.1) is 0 Å². The van der Waals surface area contributed by atoms with Crippen molar-refractivity contribution in [1.82, 2.24) is 0 Å². The van der Waals surface area contributed by atoms with Crippen LogP contribution >= 0.6 is 7.14 Å². The van der Waals surface area contributed by atoms with Crippen LogP contribution in [0.3, 0.4) is 0 Å². The van der Waals surface area contributed by atoms with Crippen molar-refractivity contribution in [3.8, 4) is 0 Å². The molecule has 1 N–H and O–H groups in total. The number of aliphatic hydroxyl groups is 1. The summed E-state index contributed by atoms with van der Waals surface area (Å²) >= 11 is 0. The van der Waals surface area contributed by atoms with Gasteiger partial charge in [0.2, 0.25) is 5.85 Å². The van der Waals surface area contributed by atoms with E-state index in [0.29, 0.717) is 24.2 Å². The van der Waals surface area contributed by atoms with Crippen LogP contribution in [-0.4, -0.2) is 36.4 Å². The Kier molecular flexibility index (Phi) is 12.8. The molecule has 0 aromatic carbocycles. The van der Waals surface area contributed by atoms with Crippen LogP contribution in [0.1, 0.15) is 79.1 Å². The van der Waals surface area contributed by atoms with E-state index in [4.69, 9.17) is 0 Å². The molecule has 0 saturated carbocycles. The van der Waals surface area contributed by atoms with Gasteiger partial charge in [-0.2, -0.15) is 0 Å². The van der Waals surface area contributed by atoms with E-state index in [1.54, 1.807) is 0 Å². The fraction of sp³-hybridized carbons (Fsp3) is 0.947. The number of esters is 1. The van der Waals surface area contributed by atoms with Crippen LogP contribution in [0.15, 0.2) is 0 Å². The van der Waals surface area contributed by atoms with Gasteiger partial charge < -0.3 is 14.4 Å². The monoisotopic (exact) mass is 362 g/mol. The van der Waals surface area contributed by atoms with Crippen LogP contribution in [0.2, 0.25) is 0 Å². The number of carbonyl (C=O) groups excluding carboxylic acids is 1. The second kappa shape index (κ2) is 12.9. The van der Waals surface area contributed by atoms with Gasteiger partial charge in [-0.1, -0.05) is 66.2 Å². The summed E-state index contributed by atoms with van der Waals surface area (Å²) in [4.78, 5) is 11.7. The molecule has 0 amide bonds. The third-order valence-corrected chi connectivity index (χ3v) is 7.74. The van der Waals surface area contributed by atoms with E-state index in [1.165, 1.54) is 20.0 Å². The zero-order valence-corrected chi connectivity index (χ0v) is 17.3. The van der Waals surface area contributed by atoms with Gasteiger partial charge in [-0.05, 0) is 24.7 Å². The van der Waals surface area contributed by atoms with E-state index in [-0.39, 0.29) is 0 Å². The van der Waals surface area contributed by atoms with E-state index in [1.807, 2.05) is 0 Å². The molecule has 0 aliphatic rings. The Labute approximate surface area is 149 Å². The molecule has 0 radical (unpaired) electrons. The van der Waals surface area contributed by atoms with Gasteiger partial charge in [0.15, 0.2) is 0 Å². The summed E-state index contributed by atoms with van der Waals surface area (Å²) in [6, 6.07) is 0. The first-order valence-corrected chi connectivity index (χ1v) is 11.7. The van der Waals surface area contributed by atoms with Gasteiger partial charge in [-0.3, -0.25) is 0 Å². The summed E-state index contributed by atoms with van der Waals surface area (Å²) in [5.74, 6) is -0.836. The van der Waals surface area contributed by atoms with Crippen molar-refractivity contribution in [3.63, 3.8) is 0 Å². The Morgan fingerprint density at radius 1 is 0.875 bits per heavy atom. The number of hydrogen-bond donors (Lipinski definition) is 1. The molecule has 0 aliphatic carbocycles. The first-order valence-electron chi connectivity index (χ1n) is 9.56. The fourth-order valence-electron chi connectivity index (χ4n) is 2.87. The summed E-state index contributed by atoms with van der Waals surface area (Å²) in [6.45, 7) is 8.79. The topological polar surface area (TPSA) is 63.6 Å². The zero-order chi connectivity index (χ0) is 18.6. The van der Waals surface area contributed by atoms with Gasteiger partial charge in [0.25, 0.3) is 0 Å². The molecule has 144 valence electrons. The molecule has 0 fully saturated rings. The lowest BCUT2D eigenvalue weighted by Gasteiger charge is -2.22. The largest absolute Gasteiger partial charge is 0.467 e. The van der Waals surface area contributed by atoms with E-state index in [2.05, 4.69) is 32.4 Å². The predicted octanol–water partition coefficient (Wildman–Crippen LogP) is 5.27. The van der Waals surface area contributed by atoms with Crippen molar-refractivity contribution in [1.29, 1.82) is 0 Å². The van der Waals surface area contributed by atoms with E-state index < -0.39 is 19.0 Å². The smallest absolute Gasteiger partial charge is 0.342 e. The van der Waals surface area contributed by atoms with Crippen molar-refractivity contribution < 1.29 is 19.2 Å². The maximum absolute atomic E-state index is 13.2. The third-order valence-electron chi connectivity index (χ3n) is 4.49. The second-order valence-corrected chi connectivity index (χ2v) is 11.1. The molecule has 0 rings (SSSR count). The van der Waals surface area contributed by atoms with Crippen LogP contribution in [0.25, 0.3) is 0 Å². The number of rotatable bonds is 14. The van der Waals surface area contributed by atoms with E-state index in [9.17, 15) is 14.5 Å². The summed E-state index contributed by atoms with van der Waals surface area (Å²) in [7, 11) is -1.69. The minimum Gasteiger partial charge on any atom is -0.467 e. The molecule has 1 unspecified atom stereocenters. The Morgan fingerprint density at radius 3 is 1.62 bits per heavy atom. The fourth-order valence-corrected chi connectivity index (χ4v) is 5.59. The lowest BCUT2D eigenvalue weighted by atomic mass is 10.1. The van der Waals surface area contributed by atoms with Crippen molar-refractivity contribution in [2.45, 2.75) is 84.9 Å². The number of aliphatic hydroxyl groups excluding tert-OH is 1. The number of methoxy groups -OCH3 is 1. The number of unbranched alkanes of at least 4 members (excludes halogenated alkanes) is 4. The maximum atomic E-state index is 13.2. The summed E-state index contributed by atoms with van der Waals surface area (Å²) in [5.41, 5.74) is 0. The zero-order valence-electron chi connectivity index (χ0n) is 16.4. The first kappa shape index (κ1) is 23.7. The molecular formula is C19H39O4P. The SMILES string of the molecule is COC(=O)C(O)P(=O)(CCCCCC(C)C)CCCCCC(C)C. The first-order chi connectivity index (χ1) is 11.2.